The van der Waals surface area contributed by atoms with Crippen LogP contribution in [0.15, 0.2) is 48.6 Å². The second kappa shape index (κ2) is 7.33. The lowest BCUT2D eigenvalue weighted by Gasteiger charge is -2.39. The summed E-state index contributed by atoms with van der Waals surface area (Å²) < 4.78 is 5.37. The normalized spacial score (nSPS) is 22.6. The first-order valence-electron chi connectivity index (χ1n) is 7.23. The Morgan fingerprint density at radius 2 is 2.00 bits per heavy atom. The summed E-state index contributed by atoms with van der Waals surface area (Å²) in [5, 5.41) is 14.6. The third kappa shape index (κ3) is 4.13. The molecule has 0 aliphatic heterocycles. The van der Waals surface area contributed by atoms with Crippen molar-refractivity contribution in [3.63, 3.8) is 0 Å². The number of carboxylic acid groups (broad SMARTS) is 1. The van der Waals surface area contributed by atoms with E-state index < -0.39 is 23.3 Å². The summed E-state index contributed by atoms with van der Waals surface area (Å²) in [6.07, 6.45) is 6.94. The van der Waals surface area contributed by atoms with Crippen molar-refractivity contribution in [2.24, 2.45) is 5.92 Å². The number of halogens is 1. The molecule has 1 aliphatic rings. The number of carboxylic acids is 1. The molecule has 2 atom stereocenters. The maximum Gasteiger partial charge on any atom is 0.258 e. The van der Waals surface area contributed by atoms with Crippen molar-refractivity contribution in [2.75, 3.05) is 6.61 Å². The van der Waals surface area contributed by atoms with Crippen LogP contribution in [-0.2, 0) is 9.59 Å². The number of hydrogen-bond donors (Lipinski definition) is 1. The summed E-state index contributed by atoms with van der Waals surface area (Å²) in [5.41, 5.74) is -1.01. The van der Waals surface area contributed by atoms with Crippen molar-refractivity contribution < 1.29 is 19.4 Å². The van der Waals surface area contributed by atoms with E-state index in [1.165, 1.54) is 6.08 Å². The molecule has 0 fully saturated rings. The van der Waals surface area contributed by atoms with E-state index in [4.69, 9.17) is 16.3 Å². The number of aliphatic carboxylic acids is 1. The fraction of sp³-hybridized carbons (Fsp3) is 0.294. The van der Waals surface area contributed by atoms with E-state index in [0.717, 1.165) is 0 Å². The number of nitrogens with one attached hydrogen (secondary N) is 1. The van der Waals surface area contributed by atoms with E-state index in [1.54, 1.807) is 49.4 Å². The summed E-state index contributed by atoms with van der Waals surface area (Å²) in [6, 6.07) is 6.61. The Kier molecular flexibility index (Phi) is 5.45. The highest BCUT2D eigenvalue weighted by atomic mass is 35.5. The average Bonchev–Trinajstić information content (AvgIpc) is 2.54. The minimum atomic E-state index is -1.23. The van der Waals surface area contributed by atoms with Crippen molar-refractivity contribution in [2.45, 2.75) is 18.9 Å². The number of hydrogen-bond acceptors (Lipinski definition) is 4. The molecule has 0 bridgehead atoms. The summed E-state index contributed by atoms with van der Waals surface area (Å²) in [5.74, 6) is -2.05. The highest BCUT2D eigenvalue weighted by molar-refractivity contribution is 6.30. The molecule has 5 nitrogen and oxygen atoms in total. The molecular formula is C17H17ClNO4-. The zero-order valence-corrected chi connectivity index (χ0v) is 13.4. The molecule has 122 valence electrons. The second-order valence-electron chi connectivity index (χ2n) is 5.23. The van der Waals surface area contributed by atoms with Gasteiger partial charge in [-0.3, -0.25) is 4.79 Å². The van der Waals surface area contributed by atoms with Gasteiger partial charge in [-0.05, 0) is 30.7 Å². The molecule has 0 saturated carbocycles. The largest absolute Gasteiger partial charge is 0.549 e. The quantitative estimate of drug-likeness (QED) is 0.854. The Morgan fingerprint density at radius 3 is 2.61 bits per heavy atom. The van der Waals surface area contributed by atoms with Crippen molar-refractivity contribution in [3.8, 4) is 5.75 Å². The first-order chi connectivity index (χ1) is 11.0. The lowest BCUT2D eigenvalue weighted by molar-refractivity contribution is -0.311. The van der Waals surface area contributed by atoms with Gasteiger partial charge in [0, 0.05) is 10.9 Å². The maximum absolute atomic E-state index is 12.2. The molecule has 2 rings (SSSR count). The fourth-order valence-electron chi connectivity index (χ4n) is 2.49. The third-order valence-corrected chi connectivity index (χ3v) is 4.01. The summed E-state index contributed by atoms with van der Waals surface area (Å²) in [7, 11) is 0. The van der Waals surface area contributed by atoms with Crippen LogP contribution < -0.4 is 15.2 Å². The maximum atomic E-state index is 12.2. The van der Waals surface area contributed by atoms with Crippen molar-refractivity contribution in [1.82, 2.24) is 5.32 Å². The van der Waals surface area contributed by atoms with Gasteiger partial charge in [0.05, 0.1) is 11.5 Å². The Balaban J connectivity index is 2.01. The van der Waals surface area contributed by atoms with Gasteiger partial charge < -0.3 is 20.0 Å². The monoisotopic (exact) mass is 334 g/mol. The number of allylic oxidation sites excluding steroid dienone is 2. The van der Waals surface area contributed by atoms with E-state index in [2.05, 4.69) is 5.32 Å². The van der Waals surface area contributed by atoms with Crippen LogP contribution in [0.4, 0.5) is 0 Å². The molecule has 23 heavy (non-hydrogen) atoms. The number of rotatable bonds is 6. The van der Waals surface area contributed by atoms with E-state index in [9.17, 15) is 14.7 Å². The Morgan fingerprint density at radius 1 is 1.30 bits per heavy atom. The topological polar surface area (TPSA) is 78.5 Å². The highest BCUT2D eigenvalue weighted by Crippen LogP contribution is 2.27. The van der Waals surface area contributed by atoms with Gasteiger partial charge in [-0.1, -0.05) is 42.8 Å². The Hall–Kier alpha value is -2.27. The number of ether oxygens (including phenoxy) is 1. The first kappa shape index (κ1) is 17.1. The van der Waals surface area contributed by atoms with Gasteiger partial charge in [-0.15, -0.1) is 0 Å². The fourth-order valence-corrected chi connectivity index (χ4v) is 2.61. The van der Waals surface area contributed by atoms with Crippen LogP contribution in [0.1, 0.15) is 13.3 Å². The molecule has 1 N–H and O–H groups in total. The van der Waals surface area contributed by atoms with Gasteiger partial charge in [-0.2, -0.15) is 0 Å². The molecule has 2 unspecified atom stereocenters. The Labute approximate surface area is 139 Å². The molecule has 1 aromatic carbocycles. The van der Waals surface area contributed by atoms with Gasteiger partial charge in [0.2, 0.25) is 0 Å². The predicted molar refractivity (Wildman–Crippen MR) is 84.9 cm³/mol. The van der Waals surface area contributed by atoms with Crippen LogP contribution in [0, 0.1) is 5.92 Å². The number of amides is 1. The Bertz CT molecular complexity index is 638. The molecule has 0 radical (unpaired) electrons. The van der Waals surface area contributed by atoms with E-state index in [1.807, 2.05) is 0 Å². The summed E-state index contributed by atoms with van der Waals surface area (Å²) >= 11 is 5.78. The molecule has 0 spiro atoms. The van der Waals surface area contributed by atoms with E-state index in [0.29, 0.717) is 17.2 Å². The molecular weight excluding hydrogens is 318 g/mol. The minimum absolute atomic E-state index is 0.222. The lowest BCUT2D eigenvalue weighted by Crippen LogP contribution is -2.58. The van der Waals surface area contributed by atoms with Gasteiger partial charge in [0.15, 0.2) is 6.61 Å². The molecule has 1 amide bonds. The van der Waals surface area contributed by atoms with Crippen LogP contribution in [0.5, 0.6) is 5.75 Å². The number of carbonyl (C=O) groups is 2. The SMILES string of the molecule is CCC1(NC(=O)COc2ccc(Cl)cc2)C=CC=CC1C(=O)[O-]. The van der Waals surface area contributed by atoms with Gasteiger partial charge in [0.1, 0.15) is 5.75 Å². The number of carbonyl (C=O) groups excluding carboxylic acids is 2. The van der Waals surface area contributed by atoms with E-state index >= 15 is 0 Å². The van der Waals surface area contributed by atoms with Crippen LogP contribution in [-0.4, -0.2) is 24.0 Å². The zero-order valence-electron chi connectivity index (χ0n) is 12.6. The highest BCUT2D eigenvalue weighted by Gasteiger charge is 2.37. The number of benzene rings is 1. The second-order valence-corrected chi connectivity index (χ2v) is 5.66. The van der Waals surface area contributed by atoms with Crippen LogP contribution in [0.2, 0.25) is 5.02 Å². The molecule has 1 aliphatic carbocycles. The average molecular weight is 335 g/mol. The van der Waals surface area contributed by atoms with Crippen LogP contribution >= 0.6 is 11.6 Å². The molecule has 0 aromatic heterocycles. The van der Waals surface area contributed by atoms with E-state index in [-0.39, 0.29) is 6.61 Å². The first-order valence-corrected chi connectivity index (χ1v) is 7.61. The van der Waals surface area contributed by atoms with Gasteiger partial charge >= 0.3 is 0 Å². The molecule has 1 aromatic rings. The molecule has 0 heterocycles. The van der Waals surface area contributed by atoms with Gasteiger partial charge in [0.25, 0.3) is 5.91 Å². The summed E-state index contributed by atoms with van der Waals surface area (Å²) in [6.45, 7) is 1.58. The summed E-state index contributed by atoms with van der Waals surface area (Å²) in [4.78, 5) is 23.5. The smallest absolute Gasteiger partial charge is 0.258 e. The third-order valence-electron chi connectivity index (χ3n) is 3.76. The minimum Gasteiger partial charge on any atom is -0.549 e. The van der Waals surface area contributed by atoms with Crippen LogP contribution in [0.25, 0.3) is 0 Å². The standard InChI is InChI=1S/C17H18ClNO4/c1-2-17(10-4-3-5-14(17)16(21)22)19-15(20)11-23-13-8-6-12(18)7-9-13/h3-10,14H,2,11H2,1H3,(H,19,20)(H,21,22)/p-1. The predicted octanol–water partition coefficient (Wildman–Crippen LogP) is 1.48. The van der Waals surface area contributed by atoms with Crippen molar-refractivity contribution in [3.05, 3.63) is 53.6 Å². The zero-order chi connectivity index (χ0) is 16.9. The molecule has 6 heteroatoms. The lowest BCUT2D eigenvalue weighted by atomic mass is 9.78. The molecule has 0 saturated heterocycles. The van der Waals surface area contributed by atoms with Crippen molar-refractivity contribution in [1.29, 1.82) is 0 Å². The van der Waals surface area contributed by atoms with Gasteiger partial charge in [-0.25, -0.2) is 0 Å². The van der Waals surface area contributed by atoms with Crippen LogP contribution in [0.3, 0.4) is 0 Å². The van der Waals surface area contributed by atoms with Crippen molar-refractivity contribution >= 4 is 23.5 Å².